The maximum Gasteiger partial charge on any atom is 0.271 e. The highest BCUT2D eigenvalue weighted by atomic mass is 32.1. The van der Waals surface area contributed by atoms with Gasteiger partial charge in [0, 0.05) is 26.2 Å². The van der Waals surface area contributed by atoms with E-state index in [-0.39, 0.29) is 11.1 Å². The van der Waals surface area contributed by atoms with Crippen molar-refractivity contribution in [3.8, 4) is 0 Å². The number of nitrogens with zero attached hydrogens (tertiary/aromatic N) is 8. The zero-order valence-corrected chi connectivity index (χ0v) is 20.1. The quantitative estimate of drug-likeness (QED) is 0.440. The third kappa shape index (κ3) is 3.56. The van der Waals surface area contributed by atoms with Crippen LogP contribution in [0.4, 0.5) is 0 Å². The molecule has 1 fully saturated rings. The number of aromatic nitrogens is 6. The van der Waals surface area contributed by atoms with Crippen LogP contribution in [0, 0.1) is 27.7 Å². The number of hydrogen-bond acceptors (Lipinski definition) is 10. The predicted molar refractivity (Wildman–Crippen MR) is 125 cm³/mol. The minimum atomic E-state index is 0.00605. The van der Waals surface area contributed by atoms with Crippen LogP contribution < -0.4 is 11.1 Å². The molecule has 5 heterocycles. The van der Waals surface area contributed by atoms with E-state index >= 15 is 0 Å². The van der Waals surface area contributed by atoms with Crippen LogP contribution in [0.5, 0.6) is 0 Å². The molecular formula is C20H24N8O2S2. The van der Waals surface area contributed by atoms with Crippen LogP contribution in [0.2, 0.25) is 0 Å². The SMILES string of the molecule is Cc1nnc2sn(CN3CCN(Cn4sc5nnc(C)c(C)c5c4=O)CC3)c(=O)c2c1C. The fourth-order valence-corrected chi connectivity index (χ4v) is 5.99. The summed E-state index contributed by atoms with van der Waals surface area (Å²) >= 11 is 2.74. The van der Waals surface area contributed by atoms with Gasteiger partial charge in [0.05, 0.1) is 35.5 Å². The van der Waals surface area contributed by atoms with Crippen LogP contribution in [0.1, 0.15) is 22.5 Å². The Labute approximate surface area is 192 Å². The number of piperazine rings is 1. The summed E-state index contributed by atoms with van der Waals surface area (Å²) in [5, 5.41) is 18.0. The standard InChI is InChI=1S/C20H24N8O2S2/c1-11-13(3)21-23-17-15(11)19(29)27(31-17)9-25-5-7-26(8-6-25)10-28-20(30)16-12(2)14(4)22-24-18(16)32-28/h5-10H2,1-4H3. The van der Waals surface area contributed by atoms with Crippen molar-refractivity contribution >= 4 is 43.5 Å². The van der Waals surface area contributed by atoms with Gasteiger partial charge in [-0.3, -0.25) is 19.4 Å². The largest absolute Gasteiger partial charge is 0.282 e. The summed E-state index contributed by atoms with van der Waals surface area (Å²) in [5.74, 6) is 0. The van der Waals surface area contributed by atoms with Crippen molar-refractivity contribution in [3.05, 3.63) is 43.2 Å². The number of hydrogen-bond donors (Lipinski definition) is 0. The lowest BCUT2D eigenvalue weighted by molar-refractivity contribution is 0.0913. The molecule has 0 bridgehead atoms. The summed E-state index contributed by atoms with van der Waals surface area (Å²) in [4.78, 5) is 31.6. The average Bonchev–Trinajstić information content (AvgIpc) is 3.26. The van der Waals surface area contributed by atoms with Crippen molar-refractivity contribution in [1.82, 2.24) is 38.1 Å². The summed E-state index contributed by atoms with van der Waals surface area (Å²) in [6.07, 6.45) is 0. The van der Waals surface area contributed by atoms with Crippen molar-refractivity contribution in [1.29, 1.82) is 0 Å². The van der Waals surface area contributed by atoms with Crippen molar-refractivity contribution in [3.63, 3.8) is 0 Å². The van der Waals surface area contributed by atoms with Gasteiger partial charge in [-0.1, -0.05) is 0 Å². The Balaban J connectivity index is 1.27. The topological polar surface area (TPSA) is 102 Å². The number of aryl methyl sites for hydroxylation is 4. The fraction of sp³-hybridized carbons (Fsp3) is 0.500. The highest BCUT2D eigenvalue weighted by Crippen LogP contribution is 2.21. The monoisotopic (exact) mass is 472 g/mol. The Morgan fingerprint density at radius 1 is 0.656 bits per heavy atom. The van der Waals surface area contributed by atoms with Crippen LogP contribution in [0.15, 0.2) is 9.59 Å². The van der Waals surface area contributed by atoms with Crippen molar-refractivity contribution in [2.75, 3.05) is 26.2 Å². The molecule has 0 saturated carbocycles. The lowest BCUT2D eigenvalue weighted by Crippen LogP contribution is -2.48. The molecule has 0 unspecified atom stereocenters. The van der Waals surface area contributed by atoms with Gasteiger partial charge < -0.3 is 0 Å². The number of rotatable bonds is 4. The molecule has 0 aromatic carbocycles. The Kier molecular flexibility index (Phi) is 5.40. The second-order valence-corrected chi connectivity index (χ2v) is 10.3. The molecule has 0 radical (unpaired) electrons. The molecule has 0 aliphatic carbocycles. The molecule has 0 spiro atoms. The van der Waals surface area contributed by atoms with Gasteiger partial charge in [0.1, 0.15) is 0 Å². The Bertz CT molecular complexity index is 1330. The fourth-order valence-electron chi connectivity index (χ4n) is 3.97. The molecule has 4 aromatic heterocycles. The first-order chi connectivity index (χ1) is 15.3. The van der Waals surface area contributed by atoms with Gasteiger partial charge >= 0.3 is 0 Å². The van der Waals surface area contributed by atoms with Gasteiger partial charge in [0.2, 0.25) is 0 Å². The lowest BCUT2D eigenvalue weighted by atomic mass is 10.2. The molecule has 0 atom stereocenters. The summed E-state index contributed by atoms with van der Waals surface area (Å²) in [6, 6.07) is 0. The zero-order chi connectivity index (χ0) is 22.6. The number of fused-ring (bicyclic) bond motifs is 2. The van der Waals surface area contributed by atoms with E-state index in [1.807, 2.05) is 27.7 Å². The molecule has 0 amide bonds. The van der Waals surface area contributed by atoms with Gasteiger partial charge in [0.25, 0.3) is 11.1 Å². The minimum Gasteiger partial charge on any atom is -0.282 e. The second-order valence-electron chi connectivity index (χ2n) is 8.25. The summed E-state index contributed by atoms with van der Waals surface area (Å²) < 4.78 is 3.53. The minimum absolute atomic E-state index is 0.00605. The van der Waals surface area contributed by atoms with E-state index in [0.717, 1.165) is 48.7 Å². The molecule has 1 aliphatic heterocycles. The van der Waals surface area contributed by atoms with Crippen LogP contribution in [-0.4, -0.2) is 64.3 Å². The van der Waals surface area contributed by atoms with Crippen molar-refractivity contribution < 1.29 is 0 Å². The molecule has 0 N–H and O–H groups in total. The van der Waals surface area contributed by atoms with Gasteiger partial charge in [-0.2, -0.15) is 10.2 Å². The van der Waals surface area contributed by atoms with E-state index in [4.69, 9.17) is 0 Å². The third-order valence-electron chi connectivity index (χ3n) is 6.24. The van der Waals surface area contributed by atoms with E-state index in [9.17, 15) is 9.59 Å². The molecule has 4 aromatic rings. The maximum atomic E-state index is 12.9. The molecule has 10 nitrogen and oxygen atoms in total. The molecule has 12 heteroatoms. The Hall–Kier alpha value is -2.54. The Morgan fingerprint density at radius 3 is 1.41 bits per heavy atom. The van der Waals surface area contributed by atoms with Gasteiger partial charge in [-0.05, 0) is 61.9 Å². The van der Waals surface area contributed by atoms with Crippen LogP contribution in [0.25, 0.3) is 20.4 Å². The normalized spacial score (nSPS) is 15.9. The summed E-state index contributed by atoms with van der Waals surface area (Å²) in [7, 11) is 0. The molecule has 168 valence electrons. The second kappa shape index (κ2) is 8.10. The summed E-state index contributed by atoms with van der Waals surface area (Å²) in [6.45, 7) is 12.0. The van der Waals surface area contributed by atoms with Crippen molar-refractivity contribution in [2.45, 2.75) is 41.0 Å². The van der Waals surface area contributed by atoms with E-state index in [1.54, 1.807) is 7.91 Å². The Morgan fingerprint density at radius 2 is 1.03 bits per heavy atom. The molecule has 32 heavy (non-hydrogen) atoms. The maximum absolute atomic E-state index is 12.9. The smallest absolute Gasteiger partial charge is 0.271 e. The summed E-state index contributed by atoms with van der Waals surface area (Å²) in [5.41, 5.74) is 3.41. The first-order valence-corrected chi connectivity index (χ1v) is 12.0. The highest BCUT2D eigenvalue weighted by molar-refractivity contribution is 7.13. The van der Waals surface area contributed by atoms with E-state index in [0.29, 0.717) is 33.8 Å². The lowest BCUT2D eigenvalue weighted by Gasteiger charge is -2.34. The first-order valence-electron chi connectivity index (χ1n) is 10.5. The average molecular weight is 473 g/mol. The molecule has 5 rings (SSSR count). The van der Waals surface area contributed by atoms with E-state index < -0.39 is 0 Å². The zero-order valence-electron chi connectivity index (χ0n) is 18.5. The van der Waals surface area contributed by atoms with Gasteiger partial charge in [0.15, 0.2) is 9.66 Å². The van der Waals surface area contributed by atoms with Crippen LogP contribution in [0.3, 0.4) is 0 Å². The van der Waals surface area contributed by atoms with E-state index in [2.05, 4.69) is 30.2 Å². The third-order valence-corrected chi connectivity index (χ3v) is 8.16. The van der Waals surface area contributed by atoms with Crippen molar-refractivity contribution in [2.24, 2.45) is 0 Å². The molecule has 1 saturated heterocycles. The van der Waals surface area contributed by atoms with Crippen LogP contribution in [-0.2, 0) is 13.3 Å². The highest BCUT2D eigenvalue weighted by Gasteiger charge is 2.22. The van der Waals surface area contributed by atoms with E-state index in [1.165, 1.54) is 23.1 Å². The van der Waals surface area contributed by atoms with Gasteiger partial charge in [-0.25, -0.2) is 7.91 Å². The van der Waals surface area contributed by atoms with Gasteiger partial charge in [-0.15, -0.1) is 10.2 Å². The van der Waals surface area contributed by atoms with Crippen LogP contribution >= 0.6 is 23.1 Å². The molecule has 1 aliphatic rings. The first kappa shape index (κ1) is 21.3. The molecular weight excluding hydrogens is 448 g/mol. The predicted octanol–water partition coefficient (Wildman–Crippen LogP) is 1.49.